The van der Waals surface area contributed by atoms with Gasteiger partial charge in [0.15, 0.2) is 0 Å². The highest BCUT2D eigenvalue weighted by Crippen LogP contribution is 1.99. The molecule has 0 atom stereocenters. The van der Waals surface area contributed by atoms with Crippen molar-refractivity contribution < 1.29 is 4.79 Å². The van der Waals surface area contributed by atoms with Crippen LogP contribution in [0.1, 0.15) is 13.8 Å². The van der Waals surface area contributed by atoms with Crippen molar-refractivity contribution in [3.8, 4) is 0 Å². The first-order chi connectivity index (χ1) is 4.81. The Morgan fingerprint density at radius 1 is 1.60 bits per heavy atom. The van der Waals surface area contributed by atoms with E-state index in [2.05, 4.69) is 5.32 Å². The van der Waals surface area contributed by atoms with E-state index in [0.29, 0.717) is 0 Å². The normalized spacial score (nSPS) is 10.2. The van der Waals surface area contributed by atoms with Crippen LogP contribution in [0.25, 0.3) is 0 Å². The number of rotatable bonds is 4. The number of carbonyl (C=O) groups excluding carboxylic acids is 1. The second-order valence-electron chi connectivity index (χ2n) is 1.64. The molecule has 0 rings (SSSR count). The molecule has 0 heterocycles. The zero-order valence-electron chi connectivity index (χ0n) is 6.39. The SMILES string of the molecule is CCNC=CC(=O)SCC. The van der Waals surface area contributed by atoms with E-state index in [1.54, 1.807) is 12.3 Å². The van der Waals surface area contributed by atoms with Crippen molar-refractivity contribution in [2.45, 2.75) is 13.8 Å². The molecule has 0 aromatic heterocycles. The summed E-state index contributed by atoms with van der Waals surface area (Å²) in [6.07, 6.45) is 3.24. The molecule has 58 valence electrons. The summed E-state index contributed by atoms with van der Waals surface area (Å²) < 4.78 is 0. The van der Waals surface area contributed by atoms with Gasteiger partial charge in [-0.1, -0.05) is 18.7 Å². The summed E-state index contributed by atoms with van der Waals surface area (Å²) in [7, 11) is 0. The van der Waals surface area contributed by atoms with Crippen LogP contribution in [0.3, 0.4) is 0 Å². The van der Waals surface area contributed by atoms with Crippen LogP contribution in [0.4, 0.5) is 0 Å². The molecule has 0 radical (unpaired) electrons. The minimum atomic E-state index is 0.114. The predicted molar refractivity (Wildman–Crippen MR) is 46.0 cm³/mol. The van der Waals surface area contributed by atoms with E-state index in [0.717, 1.165) is 12.3 Å². The van der Waals surface area contributed by atoms with E-state index < -0.39 is 0 Å². The van der Waals surface area contributed by atoms with Crippen LogP contribution in [0.15, 0.2) is 12.3 Å². The van der Waals surface area contributed by atoms with Crippen LogP contribution >= 0.6 is 11.8 Å². The highest BCUT2D eigenvalue weighted by atomic mass is 32.2. The summed E-state index contributed by atoms with van der Waals surface area (Å²) in [4.78, 5) is 10.8. The predicted octanol–water partition coefficient (Wildman–Crippen LogP) is 1.39. The lowest BCUT2D eigenvalue weighted by molar-refractivity contribution is -0.107. The van der Waals surface area contributed by atoms with Crippen molar-refractivity contribution in [2.75, 3.05) is 12.3 Å². The Balaban J connectivity index is 3.36. The van der Waals surface area contributed by atoms with Gasteiger partial charge in [-0.05, 0) is 12.7 Å². The fourth-order valence-electron chi connectivity index (χ4n) is 0.435. The van der Waals surface area contributed by atoms with E-state index >= 15 is 0 Å². The minimum Gasteiger partial charge on any atom is -0.391 e. The standard InChI is InChI=1S/C7H13NOS/c1-3-8-6-5-7(9)10-4-2/h5-6,8H,3-4H2,1-2H3. The minimum absolute atomic E-state index is 0.114. The van der Waals surface area contributed by atoms with Gasteiger partial charge in [-0.15, -0.1) is 0 Å². The van der Waals surface area contributed by atoms with Gasteiger partial charge < -0.3 is 5.32 Å². The third kappa shape index (κ3) is 5.69. The molecule has 10 heavy (non-hydrogen) atoms. The second kappa shape index (κ2) is 6.68. The van der Waals surface area contributed by atoms with Crippen molar-refractivity contribution >= 4 is 16.9 Å². The summed E-state index contributed by atoms with van der Waals surface area (Å²) in [5.41, 5.74) is 0. The van der Waals surface area contributed by atoms with Crippen LogP contribution in [-0.2, 0) is 4.79 Å². The Morgan fingerprint density at radius 3 is 2.80 bits per heavy atom. The van der Waals surface area contributed by atoms with E-state index in [1.165, 1.54) is 11.8 Å². The van der Waals surface area contributed by atoms with Crippen LogP contribution in [0, 0.1) is 0 Å². The highest BCUT2D eigenvalue weighted by molar-refractivity contribution is 8.14. The number of hydrogen-bond donors (Lipinski definition) is 1. The second-order valence-corrected chi connectivity index (χ2v) is 2.91. The molecule has 0 aromatic carbocycles. The summed E-state index contributed by atoms with van der Waals surface area (Å²) in [5.74, 6) is 0.843. The quantitative estimate of drug-likeness (QED) is 0.628. The molecule has 0 aliphatic rings. The van der Waals surface area contributed by atoms with Crippen molar-refractivity contribution in [3.05, 3.63) is 12.3 Å². The molecule has 3 heteroatoms. The topological polar surface area (TPSA) is 29.1 Å². The van der Waals surface area contributed by atoms with Crippen LogP contribution < -0.4 is 5.32 Å². The molecule has 0 fully saturated rings. The molecule has 0 spiro atoms. The maximum atomic E-state index is 10.8. The molecule has 0 unspecified atom stereocenters. The van der Waals surface area contributed by atoms with E-state index in [4.69, 9.17) is 0 Å². The average molecular weight is 159 g/mol. The van der Waals surface area contributed by atoms with Gasteiger partial charge in [0.05, 0.1) is 0 Å². The first-order valence-corrected chi connectivity index (χ1v) is 4.36. The van der Waals surface area contributed by atoms with Crippen molar-refractivity contribution in [1.82, 2.24) is 5.32 Å². The first kappa shape index (κ1) is 9.56. The van der Waals surface area contributed by atoms with Crippen LogP contribution in [0.5, 0.6) is 0 Å². The summed E-state index contributed by atoms with van der Waals surface area (Å²) in [5, 5.41) is 3.04. The van der Waals surface area contributed by atoms with Gasteiger partial charge in [0, 0.05) is 18.8 Å². The van der Waals surface area contributed by atoms with Gasteiger partial charge in [-0.3, -0.25) is 4.79 Å². The van der Waals surface area contributed by atoms with Crippen molar-refractivity contribution in [2.24, 2.45) is 0 Å². The first-order valence-electron chi connectivity index (χ1n) is 3.38. The van der Waals surface area contributed by atoms with E-state index in [-0.39, 0.29) is 5.12 Å². The van der Waals surface area contributed by atoms with Gasteiger partial charge in [0.1, 0.15) is 0 Å². The Bertz CT molecular complexity index is 123. The number of carbonyl (C=O) groups is 1. The average Bonchev–Trinajstić information content (AvgIpc) is 1.89. The Kier molecular flexibility index (Phi) is 6.38. The monoisotopic (exact) mass is 159 g/mol. The van der Waals surface area contributed by atoms with Crippen molar-refractivity contribution in [3.63, 3.8) is 0 Å². The number of hydrogen-bond acceptors (Lipinski definition) is 3. The molecule has 0 amide bonds. The van der Waals surface area contributed by atoms with Crippen LogP contribution in [0.2, 0.25) is 0 Å². The van der Waals surface area contributed by atoms with E-state index in [9.17, 15) is 4.79 Å². The van der Waals surface area contributed by atoms with Crippen LogP contribution in [-0.4, -0.2) is 17.4 Å². The highest BCUT2D eigenvalue weighted by Gasteiger charge is 1.90. The lowest BCUT2D eigenvalue weighted by atomic mass is 10.6. The summed E-state index contributed by atoms with van der Waals surface area (Å²) in [6, 6.07) is 0. The number of thioether (sulfide) groups is 1. The Hall–Kier alpha value is -0.440. The van der Waals surface area contributed by atoms with Gasteiger partial charge >= 0.3 is 0 Å². The third-order valence-electron chi connectivity index (χ3n) is 0.828. The summed E-state index contributed by atoms with van der Waals surface area (Å²) in [6.45, 7) is 4.81. The number of nitrogens with one attached hydrogen (secondary N) is 1. The lowest BCUT2D eigenvalue weighted by Gasteiger charge is -1.90. The molecular weight excluding hydrogens is 146 g/mol. The molecule has 1 N–H and O–H groups in total. The van der Waals surface area contributed by atoms with E-state index in [1.807, 2.05) is 13.8 Å². The molecule has 0 bridgehead atoms. The van der Waals surface area contributed by atoms with Gasteiger partial charge in [0.25, 0.3) is 0 Å². The zero-order chi connectivity index (χ0) is 7.82. The summed E-state index contributed by atoms with van der Waals surface area (Å²) >= 11 is 1.32. The smallest absolute Gasteiger partial charge is 0.213 e. The molecule has 0 saturated heterocycles. The maximum Gasteiger partial charge on any atom is 0.213 e. The van der Waals surface area contributed by atoms with Crippen molar-refractivity contribution in [1.29, 1.82) is 0 Å². The fourth-order valence-corrected chi connectivity index (χ4v) is 0.884. The molecule has 2 nitrogen and oxygen atoms in total. The Labute approximate surface area is 66.1 Å². The molecule has 0 saturated carbocycles. The molecular formula is C7H13NOS. The fraction of sp³-hybridized carbons (Fsp3) is 0.571. The molecule has 0 aliphatic heterocycles. The van der Waals surface area contributed by atoms with Gasteiger partial charge in [-0.25, -0.2) is 0 Å². The third-order valence-corrected chi connectivity index (χ3v) is 1.54. The Morgan fingerprint density at radius 2 is 2.30 bits per heavy atom. The maximum absolute atomic E-state index is 10.8. The largest absolute Gasteiger partial charge is 0.391 e. The van der Waals surface area contributed by atoms with Gasteiger partial charge in [-0.2, -0.15) is 0 Å². The molecule has 0 aromatic rings. The van der Waals surface area contributed by atoms with Gasteiger partial charge in [0.2, 0.25) is 5.12 Å². The lowest BCUT2D eigenvalue weighted by Crippen LogP contribution is -2.02. The molecule has 0 aliphatic carbocycles. The zero-order valence-corrected chi connectivity index (χ0v) is 7.20.